The zero-order valence-electron chi connectivity index (χ0n) is 13.8. The lowest BCUT2D eigenvalue weighted by atomic mass is 10.1. The molecular formula is C17H20N4O2S. The summed E-state index contributed by atoms with van der Waals surface area (Å²) >= 11 is 1.33. The minimum Gasteiger partial charge on any atom is -0.342 e. The number of nitrogens with zero attached hydrogens (tertiary/aromatic N) is 3. The third-order valence-corrected chi connectivity index (χ3v) is 4.89. The second kappa shape index (κ2) is 7.09. The van der Waals surface area contributed by atoms with Crippen LogP contribution in [0.2, 0.25) is 0 Å². The Morgan fingerprint density at radius 2 is 2.04 bits per heavy atom. The van der Waals surface area contributed by atoms with Crippen molar-refractivity contribution >= 4 is 28.3 Å². The zero-order chi connectivity index (χ0) is 17.1. The van der Waals surface area contributed by atoms with E-state index in [-0.39, 0.29) is 24.2 Å². The van der Waals surface area contributed by atoms with Crippen molar-refractivity contribution in [2.45, 2.75) is 26.7 Å². The fraction of sp³-hybridized carbons (Fsp3) is 0.412. The Kier molecular flexibility index (Phi) is 4.89. The summed E-state index contributed by atoms with van der Waals surface area (Å²) < 4.78 is 0. The van der Waals surface area contributed by atoms with Gasteiger partial charge in [-0.1, -0.05) is 41.2 Å². The van der Waals surface area contributed by atoms with E-state index in [0.717, 1.165) is 11.4 Å². The predicted molar refractivity (Wildman–Crippen MR) is 92.8 cm³/mol. The third kappa shape index (κ3) is 3.97. The summed E-state index contributed by atoms with van der Waals surface area (Å²) in [4.78, 5) is 26.2. The fourth-order valence-corrected chi connectivity index (χ4v) is 3.33. The highest BCUT2D eigenvalue weighted by atomic mass is 32.1. The van der Waals surface area contributed by atoms with Gasteiger partial charge < -0.3 is 10.2 Å². The van der Waals surface area contributed by atoms with Crippen LogP contribution in [0.15, 0.2) is 24.3 Å². The molecule has 24 heavy (non-hydrogen) atoms. The molecule has 0 bridgehead atoms. The Morgan fingerprint density at radius 1 is 1.29 bits per heavy atom. The monoisotopic (exact) mass is 344 g/mol. The molecule has 1 atom stereocenters. The van der Waals surface area contributed by atoms with E-state index >= 15 is 0 Å². The Morgan fingerprint density at radius 3 is 2.71 bits per heavy atom. The molecular weight excluding hydrogens is 324 g/mol. The zero-order valence-corrected chi connectivity index (χ0v) is 14.6. The number of carbonyl (C=O) groups excluding carboxylic acids is 2. The second-order valence-electron chi connectivity index (χ2n) is 6.09. The second-order valence-corrected chi connectivity index (χ2v) is 7.27. The molecule has 1 N–H and O–H groups in total. The number of nitrogens with one attached hydrogen (secondary N) is 1. The number of amides is 2. The number of rotatable bonds is 5. The number of carbonyl (C=O) groups is 2. The van der Waals surface area contributed by atoms with Gasteiger partial charge in [-0.15, -0.1) is 10.2 Å². The number of hydrogen-bond donors (Lipinski definition) is 1. The van der Waals surface area contributed by atoms with Crippen LogP contribution in [0, 0.1) is 19.8 Å². The first kappa shape index (κ1) is 16.6. The van der Waals surface area contributed by atoms with Crippen LogP contribution in [-0.4, -0.2) is 40.0 Å². The van der Waals surface area contributed by atoms with Gasteiger partial charge in [-0.2, -0.15) is 0 Å². The van der Waals surface area contributed by atoms with Gasteiger partial charge in [0.1, 0.15) is 5.01 Å². The standard InChI is InChI=1S/C17H20N4O2S/c1-11-3-5-13(6-4-11)7-8-21-10-14(9-15(21)22)16(23)18-17-20-19-12(2)24-17/h3-6,14H,7-10H2,1-2H3,(H,18,20,23). The first-order valence-corrected chi connectivity index (χ1v) is 8.77. The summed E-state index contributed by atoms with van der Waals surface area (Å²) in [6.45, 7) is 4.99. The summed E-state index contributed by atoms with van der Waals surface area (Å²) in [5.74, 6) is -0.437. The van der Waals surface area contributed by atoms with Gasteiger partial charge in [0, 0.05) is 19.5 Å². The molecule has 0 aliphatic carbocycles. The van der Waals surface area contributed by atoms with Crippen molar-refractivity contribution in [2.24, 2.45) is 5.92 Å². The molecule has 1 aromatic carbocycles. The van der Waals surface area contributed by atoms with Gasteiger partial charge in [0.15, 0.2) is 0 Å². The number of likely N-dealkylation sites (tertiary alicyclic amines) is 1. The smallest absolute Gasteiger partial charge is 0.231 e. The van der Waals surface area contributed by atoms with Crippen molar-refractivity contribution in [1.82, 2.24) is 15.1 Å². The molecule has 3 rings (SSSR count). The first-order chi connectivity index (χ1) is 11.5. The SMILES string of the molecule is Cc1ccc(CCN2CC(C(=O)Nc3nnc(C)s3)CC2=O)cc1. The highest BCUT2D eigenvalue weighted by Crippen LogP contribution is 2.21. The Bertz CT molecular complexity index is 741. The van der Waals surface area contributed by atoms with Crippen LogP contribution in [0.1, 0.15) is 22.6 Å². The highest BCUT2D eigenvalue weighted by molar-refractivity contribution is 7.15. The van der Waals surface area contributed by atoms with Crippen molar-refractivity contribution < 1.29 is 9.59 Å². The molecule has 1 aliphatic rings. The maximum Gasteiger partial charge on any atom is 0.231 e. The van der Waals surface area contributed by atoms with E-state index < -0.39 is 0 Å². The lowest BCUT2D eigenvalue weighted by Crippen LogP contribution is -2.30. The Labute approximate surface area is 144 Å². The van der Waals surface area contributed by atoms with E-state index in [1.807, 2.05) is 6.92 Å². The van der Waals surface area contributed by atoms with E-state index in [9.17, 15) is 9.59 Å². The molecule has 1 aliphatic heterocycles. The minimum atomic E-state index is -0.320. The van der Waals surface area contributed by atoms with Crippen LogP contribution in [-0.2, 0) is 16.0 Å². The van der Waals surface area contributed by atoms with E-state index in [2.05, 4.69) is 46.7 Å². The van der Waals surface area contributed by atoms with Crippen LogP contribution in [0.3, 0.4) is 0 Å². The maximum atomic E-state index is 12.3. The van der Waals surface area contributed by atoms with Crippen LogP contribution >= 0.6 is 11.3 Å². The molecule has 2 heterocycles. The number of anilines is 1. The molecule has 1 fully saturated rings. The van der Waals surface area contributed by atoms with Gasteiger partial charge in [-0.25, -0.2) is 0 Å². The van der Waals surface area contributed by atoms with Gasteiger partial charge in [0.05, 0.1) is 5.92 Å². The van der Waals surface area contributed by atoms with Crippen LogP contribution in [0.25, 0.3) is 0 Å². The normalized spacial score (nSPS) is 17.3. The van der Waals surface area contributed by atoms with E-state index in [1.165, 1.54) is 22.5 Å². The number of aromatic nitrogens is 2. The van der Waals surface area contributed by atoms with E-state index in [4.69, 9.17) is 0 Å². The molecule has 1 aromatic heterocycles. The lowest BCUT2D eigenvalue weighted by Gasteiger charge is -2.16. The lowest BCUT2D eigenvalue weighted by molar-refractivity contribution is -0.128. The number of aryl methyl sites for hydroxylation is 2. The summed E-state index contributed by atoms with van der Waals surface area (Å²) in [7, 11) is 0. The molecule has 7 heteroatoms. The summed E-state index contributed by atoms with van der Waals surface area (Å²) in [6, 6.07) is 8.30. The number of hydrogen-bond acceptors (Lipinski definition) is 5. The Balaban J connectivity index is 1.53. The molecule has 126 valence electrons. The van der Waals surface area contributed by atoms with Crippen LogP contribution in [0.4, 0.5) is 5.13 Å². The van der Waals surface area contributed by atoms with E-state index in [1.54, 1.807) is 4.90 Å². The van der Waals surface area contributed by atoms with Gasteiger partial charge in [-0.05, 0) is 25.8 Å². The first-order valence-electron chi connectivity index (χ1n) is 7.95. The molecule has 0 saturated carbocycles. The predicted octanol–water partition coefficient (Wildman–Crippen LogP) is 2.18. The van der Waals surface area contributed by atoms with Gasteiger partial charge >= 0.3 is 0 Å². The number of benzene rings is 1. The van der Waals surface area contributed by atoms with Crippen molar-refractivity contribution in [3.63, 3.8) is 0 Å². The maximum absolute atomic E-state index is 12.3. The average Bonchev–Trinajstić information content (AvgIpc) is 3.13. The summed E-state index contributed by atoms with van der Waals surface area (Å²) in [6.07, 6.45) is 1.06. The molecule has 0 spiro atoms. The molecule has 1 saturated heterocycles. The quantitative estimate of drug-likeness (QED) is 0.902. The van der Waals surface area contributed by atoms with Crippen molar-refractivity contribution in [3.05, 3.63) is 40.4 Å². The largest absolute Gasteiger partial charge is 0.342 e. The van der Waals surface area contributed by atoms with Gasteiger partial charge in [0.25, 0.3) is 0 Å². The molecule has 6 nitrogen and oxygen atoms in total. The topological polar surface area (TPSA) is 75.2 Å². The minimum absolute atomic E-state index is 0.0377. The molecule has 2 aromatic rings. The molecule has 0 radical (unpaired) electrons. The molecule has 2 amide bonds. The fourth-order valence-electron chi connectivity index (χ4n) is 2.74. The van der Waals surface area contributed by atoms with Gasteiger partial charge in [0.2, 0.25) is 16.9 Å². The summed E-state index contributed by atoms with van der Waals surface area (Å²) in [5.41, 5.74) is 2.42. The Hall–Kier alpha value is -2.28. The highest BCUT2D eigenvalue weighted by Gasteiger charge is 2.34. The van der Waals surface area contributed by atoms with Crippen LogP contribution < -0.4 is 5.32 Å². The van der Waals surface area contributed by atoms with Crippen molar-refractivity contribution in [1.29, 1.82) is 0 Å². The van der Waals surface area contributed by atoms with Crippen molar-refractivity contribution in [2.75, 3.05) is 18.4 Å². The van der Waals surface area contributed by atoms with Gasteiger partial charge in [-0.3, -0.25) is 9.59 Å². The molecule has 1 unspecified atom stereocenters. The average molecular weight is 344 g/mol. The summed E-state index contributed by atoms with van der Waals surface area (Å²) in [5, 5.41) is 11.8. The van der Waals surface area contributed by atoms with E-state index in [0.29, 0.717) is 18.2 Å². The van der Waals surface area contributed by atoms with Crippen LogP contribution in [0.5, 0.6) is 0 Å². The van der Waals surface area contributed by atoms with Crippen molar-refractivity contribution in [3.8, 4) is 0 Å². The third-order valence-electron chi connectivity index (χ3n) is 4.13.